The highest BCUT2D eigenvalue weighted by molar-refractivity contribution is 7.99. The first kappa shape index (κ1) is 14.3. The average molecular weight is 309 g/mol. The second-order valence-corrected chi connectivity index (χ2v) is 7.57. The molecule has 0 N–H and O–H groups in total. The number of hydrogen-bond acceptors (Lipinski definition) is 2. The van der Waals surface area contributed by atoms with Crippen LogP contribution in [0.3, 0.4) is 0 Å². The fraction of sp³-hybridized carbons (Fsp3) is 0.562. The molecule has 1 atom stereocenters. The second-order valence-electron chi connectivity index (χ2n) is 5.70. The Labute approximate surface area is 129 Å². The highest BCUT2D eigenvalue weighted by atomic mass is 35.5. The molecule has 1 aliphatic heterocycles. The summed E-state index contributed by atoms with van der Waals surface area (Å²) >= 11 is 8.44. The van der Waals surface area contributed by atoms with Crippen LogP contribution in [0.1, 0.15) is 36.5 Å². The molecule has 1 aromatic carbocycles. The van der Waals surface area contributed by atoms with E-state index in [2.05, 4.69) is 41.5 Å². The maximum absolute atomic E-state index is 6.36. The summed E-state index contributed by atoms with van der Waals surface area (Å²) in [5, 5.41) is -0.0419. The normalized spacial score (nSPS) is 18.6. The minimum Gasteiger partial charge on any atom is -0.326 e. The van der Waals surface area contributed by atoms with Crippen molar-refractivity contribution in [2.45, 2.75) is 38.6 Å². The van der Waals surface area contributed by atoms with E-state index in [1.165, 1.54) is 35.4 Å². The van der Waals surface area contributed by atoms with Crippen molar-refractivity contribution in [1.29, 1.82) is 0 Å². The van der Waals surface area contributed by atoms with Crippen LogP contribution < -0.4 is 0 Å². The number of hydrogen-bond donors (Lipinski definition) is 0. The van der Waals surface area contributed by atoms with Crippen LogP contribution in [0.25, 0.3) is 11.0 Å². The Morgan fingerprint density at radius 1 is 1.40 bits per heavy atom. The van der Waals surface area contributed by atoms with Gasteiger partial charge in [-0.1, -0.05) is 12.1 Å². The first-order valence-electron chi connectivity index (χ1n) is 7.34. The topological polar surface area (TPSA) is 17.8 Å². The molecule has 0 aliphatic carbocycles. The number of aromatic nitrogens is 2. The summed E-state index contributed by atoms with van der Waals surface area (Å²) in [5.41, 5.74) is 3.65. The number of fused-ring (bicyclic) bond motifs is 1. The first-order valence-corrected chi connectivity index (χ1v) is 8.93. The number of benzene rings is 1. The van der Waals surface area contributed by atoms with Crippen LogP contribution in [0.5, 0.6) is 0 Å². The number of para-hydroxylation sites is 1. The summed E-state index contributed by atoms with van der Waals surface area (Å²) in [6, 6.07) is 6.34. The smallest absolute Gasteiger partial charge is 0.127 e. The van der Waals surface area contributed by atoms with Crippen LogP contribution >= 0.6 is 23.4 Å². The van der Waals surface area contributed by atoms with Gasteiger partial charge in [-0.25, -0.2) is 4.98 Å². The van der Waals surface area contributed by atoms with E-state index in [4.69, 9.17) is 16.6 Å². The summed E-state index contributed by atoms with van der Waals surface area (Å²) < 4.78 is 2.38. The van der Waals surface area contributed by atoms with Gasteiger partial charge < -0.3 is 4.57 Å². The number of halogens is 1. The summed E-state index contributed by atoms with van der Waals surface area (Å²) in [5.74, 6) is 4.38. The van der Waals surface area contributed by atoms with E-state index in [9.17, 15) is 0 Å². The number of thioether (sulfide) groups is 1. The summed E-state index contributed by atoms with van der Waals surface area (Å²) in [7, 11) is 0. The molecule has 0 saturated carbocycles. The Kier molecular flexibility index (Phi) is 4.27. The fourth-order valence-electron chi connectivity index (χ4n) is 3.06. The third-order valence-electron chi connectivity index (χ3n) is 4.14. The number of aryl methyl sites for hydroxylation is 1. The lowest BCUT2D eigenvalue weighted by Gasteiger charge is -2.23. The van der Waals surface area contributed by atoms with Gasteiger partial charge in [0, 0.05) is 6.54 Å². The van der Waals surface area contributed by atoms with Gasteiger partial charge in [0.15, 0.2) is 0 Å². The van der Waals surface area contributed by atoms with Crippen LogP contribution in [0.4, 0.5) is 0 Å². The largest absolute Gasteiger partial charge is 0.326 e. The number of nitrogens with zero attached hydrogens (tertiary/aromatic N) is 2. The third kappa shape index (κ3) is 2.71. The first-order chi connectivity index (χ1) is 9.66. The highest BCUT2D eigenvalue weighted by Crippen LogP contribution is 2.30. The molecule has 20 heavy (non-hydrogen) atoms. The molecule has 2 heterocycles. The van der Waals surface area contributed by atoms with Crippen molar-refractivity contribution < 1.29 is 0 Å². The van der Waals surface area contributed by atoms with Gasteiger partial charge in [-0.05, 0) is 55.7 Å². The molecular weight excluding hydrogens is 288 g/mol. The molecule has 108 valence electrons. The van der Waals surface area contributed by atoms with E-state index in [1.807, 2.05) is 6.92 Å². The van der Waals surface area contributed by atoms with Gasteiger partial charge in [0.05, 0.1) is 16.4 Å². The summed E-state index contributed by atoms with van der Waals surface area (Å²) in [4.78, 5) is 4.76. The molecule has 2 aromatic rings. The van der Waals surface area contributed by atoms with Crippen molar-refractivity contribution in [3.63, 3.8) is 0 Å². The molecule has 0 spiro atoms. The molecule has 1 fully saturated rings. The molecular formula is C16H21ClN2S. The van der Waals surface area contributed by atoms with Crippen LogP contribution in [0, 0.1) is 12.8 Å². The lowest BCUT2D eigenvalue weighted by molar-refractivity contribution is 0.415. The van der Waals surface area contributed by atoms with E-state index in [0.29, 0.717) is 0 Å². The van der Waals surface area contributed by atoms with Crippen molar-refractivity contribution in [2.24, 2.45) is 5.92 Å². The SMILES string of the molecule is Cc1cccc2nc(C(C)Cl)n(CC3CCSCC3)c12. The minimum atomic E-state index is -0.0419. The van der Waals surface area contributed by atoms with Gasteiger partial charge in [0.2, 0.25) is 0 Å². The van der Waals surface area contributed by atoms with Crippen LogP contribution in [-0.2, 0) is 6.54 Å². The van der Waals surface area contributed by atoms with Crippen molar-refractivity contribution in [1.82, 2.24) is 9.55 Å². The molecule has 1 unspecified atom stereocenters. The maximum Gasteiger partial charge on any atom is 0.127 e. The van der Waals surface area contributed by atoms with Crippen molar-refractivity contribution in [2.75, 3.05) is 11.5 Å². The Bertz CT molecular complexity index is 600. The molecule has 2 nitrogen and oxygen atoms in total. The Morgan fingerprint density at radius 2 is 2.15 bits per heavy atom. The molecule has 0 radical (unpaired) electrons. The molecule has 1 aliphatic rings. The van der Waals surface area contributed by atoms with E-state index >= 15 is 0 Å². The minimum absolute atomic E-state index is 0.0419. The van der Waals surface area contributed by atoms with E-state index in [0.717, 1.165) is 23.8 Å². The predicted molar refractivity (Wildman–Crippen MR) is 88.8 cm³/mol. The maximum atomic E-state index is 6.36. The van der Waals surface area contributed by atoms with Crippen LogP contribution in [0.15, 0.2) is 18.2 Å². The van der Waals surface area contributed by atoms with Gasteiger partial charge in [-0.3, -0.25) is 0 Å². The van der Waals surface area contributed by atoms with E-state index in [1.54, 1.807) is 0 Å². The number of rotatable bonds is 3. The number of imidazole rings is 1. The third-order valence-corrected chi connectivity index (χ3v) is 5.38. The molecule has 1 saturated heterocycles. The quantitative estimate of drug-likeness (QED) is 0.759. The van der Waals surface area contributed by atoms with Gasteiger partial charge in [-0.2, -0.15) is 11.8 Å². The fourth-order valence-corrected chi connectivity index (χ4v) is 4.43. The monoisotopic (exact) mass is 308 g/mol. The predicted octanol–water partition coefficient (Wildman–Crippen LogP) is 4.79. The second kappa shape index (κ2) is 5.98. The average Bonchev–Trinajstić information content (AvgIpc) is 2.80. The molecule has 4 heteroatoms. The summed E-state index contributed by atoms with van der Waals surface area (Å²) in [6.45, 7) is 5.25. The van der Waals surface area contributed by atoms with Gasteiger partial charge in [0.25, 0.3) is 0 Å². The van der Waals surface area contributed by atoms with Gasteiger partial charge in [-0.15, -0.1) is 11.6 Å². The number of alkyl halides is 1. The lowest BCUT2D eigenvalue weighted by Crippen LogP contribution is -2.18. The summed E-state index contributed by atoms with van der Waals surface area (Å²) in [6.07, 6.45) is 2.62. The molecule has 0 amide bonds. The molecule has 3 rings (SSSR count). The Balaban J connectivity index is 2.03. The Hall–Kier alpha value is -0.670. The van der Waals surface area contributed by atoms with E-state index < -0.39 is 0 Å². The standard InChI is InChI=1S/C16H21ClN2S/c1-11-4-3-5-14-15(11)19(16(18-14)12(2)17)10-13-6-8-20-9-7-13/h3-5,12-13H,6-10H2,1-2H3. The van der Waals surface area contributed by atoms with Crippen molar-refractivity contribution in [3.8, 4) is 0 Å². The van der Waals surface area contributed by atoms with Crippen LogP contribution in [0.2, 0.25) is 0 Å². The van der Waals surface area contributed by atoms with E-state index in [-0.39, 0.29) is 5.38 Å². The Morgan fingerprint density at radius 3 is 2.85 bits per heavy atom. The van der Waals surface area contributed by atoms with Gasteiger partial charge in [0.1, 0.15) is 5.82 Å². The van der Waals surface area contributed by atoms with Gasteiger partial charge >= 0.3 is 0 Å². The molecule has 1 aromatic heterocycles. The highest BCUT2D eigenvalue weighted by Gasteiger charge is 2.20. The zero-order valence-electron chi connectivity index (χ0n) is 12.1. The zero-order valence-corrected chi connectivity index (χ0v) is 13.7. The van der Waals surface area contributed by atoms with Crippen molar-refractivity contribution >= 4 is 34.4 Å². The molecule has 0 bridgehead atoms. The van der Waals surface area contributed by atoms with Crippen molar-refractivity contribution in [3.05, 3.63) is 29.6 Å². The zero-order chi connectivity index (χ0) is 14.1. The van der Waals surface area contributed by atoms with Crippen LogP contribution in [-0.4, -0.2) is 21.1 Å². The lowest BCUT2D eigenvalue weighted by atomic mass is 10.0.